The van der Waals surface area contributed by atoms with Gasteiger partial charge in [0.2, 0.25) is 5.91 Å². The highest BCUT2D eigenvalue weighted by Gasteiger charge is 2.30. The zero-order chi connectivity index (χ0) is 18.1. The number of nitrogens with zero attached hydrogens (tertiary/aromatic N) is 4. The standard InChI is InChI=1S/C21H20N4O/c1-24(13-16-6-4-5-15(11-16)12-22)20(26)14-25-19-8-3-2-7-18(19)23-21(25)17-9-10-17/h2-8,11,17H,9-10,13-14H2,1H3. The number of hydrogen-bond donors (Lipinski definition) is 0. The van der Waals surface area contributed by atoms with Crippen molar-refractivity contribution in [3.05, 3.63) is 65.5 Å². The fourth-order valence-electron chi connectivity index (χ4n) is 3.27. The molecule has 2 aromatic carbocycles. The molecule has 5 heteroatoms. The Labute approximate surface area is 152 Å². The molecule has 0 atom stereocenters. The van der Waals surface area contributed by atoms with Crippen LogP contribution in [0.5, 0.6) is 0 Å². The molecular weight excluding hydrogens is 324 g/mol. The maximum atomic E-state index is 12.8. The van der Waals surface area contributed by atoms with E-state index in [1.54, 1.807) is 18.0 Å². The molecule has 1 aliphatic rings. The number of rotatable bonds is 5. The van der Waals surface area contributed by atoms with E-state index in [1.807, 2.05) is 42.5 Å². The monoisotopic (exact) mass is 344 g/mol. The summed E-state index contributed by atoms with van der Waals surface area (Å²) in [7, 11) is 1.80. The maximum Gasteiger partial charge on any atom is 0.242 e. The molecule has 0 aliphatic heterocycles. The fourth-order valence-corrected chi connectivity index (χ4v) is 3.27. The Kier molecular flexibility index (Phi) is 4.18. The lowest BCUT2D eigenvalue weighted by Crippen LogP contribution is -2.30. The molecule has 1 aromatic heterocycles. The van der Waals surface area contributed by atoms with Gasteiger partial charge >= 0.3 is 0 Å². The third kappa shape index (κ3) is 3.18. The number of hydrogen-bond acceptors (Lipinski definition) is 3. The van der Waals surface area contributed by atoms with Crippen LogP contribution in [-0.4, -0.2) is 27.4 Å². The van der Waals surface area contributed by atoms with Crippen LogP contribution in [0.25, 0.3) is 11.0 Å². The van der Waals surface area contributed by atoms with E-state index >= 15 is 0 Å². The molecule has 0 saturated heterocycles. The topological polar surface area (TPSA) is 61.9 Å². The first-order valence-corrected chi connectivity index (χ1v) is 8.84. The molecule has 1 heterocycles. The van der Waals surface area contributed by atoms with Crippen LogP contribution >= 0.6 is 0 Å². The van der Waals surface area contributed by atoms with Gasteiger partial charge in [-0.05, 0) is 42.7 Å². The lowest BCUT2D eigenvalue weighted by Gasteiger charge is -2.19. The minimum Gasteiger partial charge on any atom is -0.340 e. The molecule has 0 unspecified atom stereocenters. The Morgan fingerprint density at radius 3 is 2.85 bits per heavy atom. The first-order chi connectivity index (χ1) is 12.7. The second-order valence-corrected chi connectivity index (χ2v) is 6.88. The second-order valence-electron chi connectivity index (χ2n) is 6.88. The summed E-state index contributed by atoms with van der Waals surface area (Å²) in [5.41, 5.74) is 3.53. The molecule has 0 radical (unpaired) electrons. The summed E-state index contributed by atoms with van der Waals surface area (Å²) in [6.45, 7) is 0.778. The van der Waals surface area contributed by atoms with Gasteiger partial charge in [-0.1, -0.05) is 24.3 Å². The normalized spacial score (nSPS) is 13.5. The molecule has 0 N–H and O–H groups in total. The molecule has 1 fully saturated rings. The smallest absolute Gasteiger partial charge is 0.242 e. The largest absolute Gasteiger partial charge is 0.340 e. The van der Waals surface area contributed by atoms with Crippen LogP contribution in [0.3, 0.4) is 0 Å². The summed E-state index contributed by atoms with van der Waals surface area (Å²) in [6, 6.07) is 17.5. The van der Waals surface area contributed by atoms with E-state index in [0.717, 1.165) is 35.3 Å². The van der Waals surface area contributed by atoms with Crippen molar-refractivity contribution in [2.75, 3.05) is 7.05 Å². The lowest BCUT2D eigenvalue weighted by atomic mass is 10.1. The Bertz CT molecular complexity index is 1010. The Balaban J connectivity index is 1.55. The number of likely N-dealkylation sites (N-methyl/N-ethyl adjacent to an activating group) is 1. The molecule has 4 rings (SSSR count). The van der Waals surface area contributed by atoms with E-state index in [-0.39, 0.29) is 5.91 Å². The highest BCUT2D eigenvalue weighted by molar-refractivity contribution is 5.81. The number of benzene rings is 2. The summed E-state index contributed by atoms with van der Waals surface area (Å²) in [5.74, 6) is 1.55. The predicted molar refractivity (Wildman–Crippen MR) is 99.3 cm³/mol. The number of aromatic nitrogens is 2. The van der Waals surface area contributed by atoms with Gasteiger partial charge in [0.15, 0.2) is 0 Å². The molecule has 0 spiro atoms. The molecule has 26 heavy (non-hydrogen) atoms. The SMILES string of the molecule is CN(Cc1cccc(C#N)c1)C(=O)Cn1c(C2CC2)nc2ccccc21. The Morgan fingerprint density at radius 1 is 1.27 bits per heavy atom. The number of nitriles is 1. The van der Waals surface area contributed by atoms with Crippen molar-refractivity contribution >= 4 is 16.9 Å². The van der Waals surface area contributed by atoms with Crippen LogP contribution in [0.15, 0.2) is 48.5 Å². The first-order valence-electron chi connectivity index (χ1n) is 8.84. The predicted octanol–water partition coefficient (Wildman–Crippen LogP) is 3.44. The average Bonchev–Trinajstić information content (AvgIpc) is 3.44. The van der Waals surface area contributed by atoms with E-state index in [9.17, 15) is 4.79 Å². The third-order valence-corrected chi connectivity index (χ3v) is 4.82. The molecule has 0 bridgehead atoms. The molecule has 3 aromatic rings. The van der Waals surface area contributed by atoms with Gasteiger partial charge in [-0.3, -0.25) is 4.79 Å². The van der Waals surface area contributed by atoms with Crippen LogP contribution in [0.1, 0.15) is 35.7 Å². The summed E-state index contributed by atoms with van der Waals surface area (Å²) in [5, 5.41) is 9.02. The van der Waals surface area contributed by atoms with Crippen molar-refractivity contribution in [3.63, 3.8) is 0 Å². The number of carbonyl (C=O) groups excluding carboxylic acids is 1. The van der Waals surface area contributed by atoms with Crippen LogP contribution in [0.4, 0.5) is 0 Å². The van der Waals surface area contributed by atoms with Gasteiger partial charge in [-0.2, -0.15) is 5.26 Å². The van der Waals surface area contributed by atoms with Crippen LogP contribution in [0.2, 0.25) is 0 Å². The quantitative estimate of drug-likeness (QED) is 0.712. The van der Waals surface area contributed by atoms with E-state index in [0.29, 0.717) is 24.6 Å². The van der Waals surface area contributed by atoms with Gasteiger partial charge < -0.3 is 9.47 Å². The van der Waals surface area contributed by atoms with Crippen molar-refractivity contribution in [1.82, 2.24) is 14.5 Å². The van der Waals surface area contributed by atoms with Crippen LogP contribution in [0, 0.1) is 11.3 Å². The molecular formula is C21H20N4O. The van der Waals surface area contributed by atoms with E-state index in [4.69, 9.17) is 10.2 Å². The number of para-hydroxylation sites is 2. The minimum atomic E-state index is 0.0393. The highest BCUT2D eigenvalue weighted by Crippen LogP contribution is 2.40. The summed E-state index contributed by atoms with van der Waals surface area (Å²) < 4.78 is 2.07. The van der Waals surface area contributed by atoms with E-state index < -0.39 is 0 Å². The number of amides is 1. The lowest BCUT2D eigenvalue weighted by molar-refractivity contribution is -0.131. The molecule has 1 saturated carbocycles. The van der Waals surface area contributed by atoms with Gasteiger partial charge in [0, 0.05) is 19.5 Å². The van der Waals surface area contributed by atoms with E-state index in [1.165, 1.54) is 0 Å². The number of fused-ring (bicyclic) bond motifs is 1. The Morgan fingerprint density at radius 2 is 2.08 bits per heavy atom. The van der Waals surface area contributed by atoms with Crippen molar-refractivity contribution in [3.8, 4) is 6.07 Å². The van der Waals surface area contributed by atoms with Gasteiger partial charge in [-0.15, -0.1) is 0 Å². The van der Waals surface area contributed by atoms with Gasteiger partial charge in [0.1, 0.15) is 12.4 Å². The van der Waals surface area contributed by atoms with Crippen molar-refractivity contribution in [2.45, 2.75) is 31.8 Å². The second kappa shape index (κ2) is 6.64. The van der Waals surface area contributed by atoms with Gasteiger partial charge in [-0.25, -0.2) is 4.98 Å². The highest BCUT2D eigenvalue weighted by atomic mass is 16.2. The zero-order valence-corrected chi connectivity index (χ0v) is 14.7. The number of imidazole rings is 1. The van der Waals surface area contributed by atoms with Crippen molar-refractivity contribution < 1.29 is 4.79 Å². The summed E-state index contributed by atoms with van der Waals surface area (Å²) in [4.78, 5) is 19.3. The molecule has 1 aliphatic carbocycles. The van der Waals surface area contributed by atoms with E-state index in [2.05, 4.69) is 10.6 Å². The minimum absolute atomic E-state index is 0.0393. The van der Waals surface area contributed by atoms with Gasteiger partial charge in [0.05, 0.1) is 22.7 Å². The number of carbonyl (C=O) groups is 1. The van der Waals surface area contributed by atoms with Crippen LogP contribution in [-0.2, 0) is 17.9 Å². The third-order valence-electron chi connectivity index (χ3n) is 4.82. The summed E-state index contributed by atoms with van der Waals surface area (Å²) >= 11 is 0. The summed E-state index contributed by atoms with van der Waals surface area (Å²) in [6.07, 6.45) is 2.29. The first kappa shape index (κ1) is 16.3. The maximum absolute atomic E-state index is 12.8. The molecule has 5 nitrogen and oxygen atoms in total. The van der Waals surface area contributed by atoms with Gasteiger partial charge in [0.25, 0.3) is 0 Å². The molecule has 1 amide bonds. The van der Waals surface area contributed by atoms with Crippen molar-refractivity contribution in [2.24, 2.45) is 0 Å². The molecule has 130 valence electrons. The van der Waals surface area contributed by atoms with Crippen molar-refractivity contribution in [1.29, 1.82) is 5.26 Å². The zero-order valence-electron chi connectivity index (χ0n) is 14.7. The average molecular weight is 344 g/mol. The van der Waals surface area contributed by atoms with Crippen LogP contribution < -0.4 is 0 Å². The fraction of sp³-hybridized carbons (Fsp3) is 0.286. The Hall–Kier alpha value is -3.13.